The topological polar surface area (TPSA) is 61.9 Å². The molecule has 0 unspecified atom stereocenters. The molecule has 6 heteroatoms. The van der Waals surface area contributed by atoms with E-state index in [1.807, 2.05) is 12.3 Å². The lowest BCUT2D eigenvalue weighted by Gasteiger charge is -2.35. The molecule has 1 aliphatic carbocycles. The number of carbonyl (C=O) groups is 1. The first-order chi connectivity index (χ1) is 10.7. The van der Waals surface area contributed by atoms with E-state index in [0.29, 0.717) is 6.04 Å². The predicted molar refractivity (Wildman–Crippen MR) is 80.6 cm³/mol. The van der Waals surface area contributed by atoms with Crippen molar-refractivity contribution in [2.45, 2.75) is 31.9 Å². The number of hydrogen-bond donors (Lipinski definition) is 0. The van der Waals surface area contributed by atoms with Crippen molar-refractivity contribution in [2.75, 3.05) is 0 Å². The second-order valence-corrected chi connectivity index (χ2v) is 5.70. The number of aryl methyl sites for hydroxylation is 1. The smallest absolute Gasteiger partial charge is 0.419 e. The minimum Gasteiger partial charge on any atom is -0.445 e. The van der Waals surface area contributed by atoms with Crippen LogP contribution in [0.25, 0.3) is 10.9 Å². The molecule has 112 valence electrons. The van der Waals surface area contributed by atoms with Gasteiger partial charge in [-0.25, -0.2) is 14.3 Å². The van der Waals surface area contributed by atoms with Crippen LogP contribution in [-0.4, -0.2) is 31.5 Å². The van der Waals surface area contributed by atoms with Crippen LogP contribution in [0.3, 0.4) is 0 Å². The van der Waals surface area contributed by atoms with Gasteiger partial charge in [-0.05, 0) is 12.5 Å². The molecule has 1 aliphatic rings. The summed E-state index contributed by atoms with van der Waals surface area (Å²) in [5.74, 6) is 0. The number of imidazole rings is 1. The number of hydrogen-bond acceptors (Lipinski definition) is 4. The predicted octanol–water partition coefficient (Wildman–Crippen LogP) is 2.93. The zero-order valence-corrected chi connectivity index (χ0v) is 12.2. The fourth-order valence-electron chi connectivity index (χ4n) is 2.96. The van der Waals surface area contributed by atoms with E-state index in [1.165, 1.54) is 22.0 Å². The van der Waals surface area contributed by atoms with Crippen LogP contribution < -0.4 is 0 Å². The maximum atomic E-state index is 11.8. The largest absolute Gasteiger partial charge is 0.445 e. The molecule has 0 aliphatic heterocycles. The van der Waals surface area contributed by atoms with Gasteiger partial charge in [0.05, 0.1) is 17.8 Å². The highest BCUT2D eigenvalue weighted by Crippen LogP contribution is 2.36. The zero-order valence-electron chi connectivity index (χ0n) is 12.2. The van der Waals surface area contributed by atoms with Gasteiger partial charge in [-0.3, -0.25) is 4.68 Å². The van der Waals surface area contributed by atoms with E-state index < -0.39 is 0 Å². The first-order valence-corrected chi connectivity index (χ1v) is 7.34. The van der Waals surface area contributed by atoms with Gasteiger partial charge < -0.3 is 4.74 Å². The molecular weight excluding hydrogens is 280 g/mol. The number of ether oxygens (including phenoxy) is 1. The van der Waals surface area contributed by atoms with Crippen LogP contribution in [0.15, 0.2) is 43.1 Å². The van der Waals surface area contributed by atoms with E-state index in [0.717, 1.165) is 18.2 Å². The quantitative estimate of drug-likeness (QED) is 0.729. The summed E-state index contributed by atoms with van der Waals surface area (Å²) in [7, 11) is 0. The van der Waals surface area contributed by atoms with Crippen molar-refractivity contribution in [2.24, 2.45) is 0 Å². The zero-order chi connectivity index (χ0) is 15.1. The molecule has 22 heavy (non-hydrogen) atoms. The first-order valence-electron chi connectivity index (χ1n) is 7.34. The van der Waals surface area contributed by atoms with Gasteiger partial charge in [0.2, 0.25) is 0 Å². The molecule has 6 nitrogen and oxygen atoms in total. The van der Waals surface area contributed by atoms with Crippen molar-refractivity contribution in [3.8, 4) is 0 Å². The molecule has 0 atom stereocenters. The minimum absolute atomic E-state index is 0.0526. The van der Waals surface area contributed by atoms with Crippen molar-refractivity contribution in [3.05, 3.63) is 48.7 Å². The lowest BCUT2D eigenvalue weighted by atomic mass is 9.89. The van der Waals surface area contributed by atoms with Crippen LogP contribution in [0.5, 0.6) is 0 Å². The molecule has 0 N–H and O–H groups in total. The van der Waals surface area contributed by atoms with Crippen LogP contribution in [0.1, 0.15) is 24.4 Å². The molecule has 3 aromatic rings. The second kappa shape index (κ2) is 4.98. The van der Waals surface area contributed by atoms with Crippen LogP contribution in [0.2, 0.25) is 0 Å². The Balaban J connectivity index is 1.45. The Kier molecular flexibility index (Phi) is 2.96. The molecule has 1 aromatic carbocycles. The fourth-order valence-corrected chi connectivity index (χ4v) is 2.96. The molecule has 4 rings (SSSR count). The van der Waals surface area contributed by atoms with Gasteiger partial charge in [-0.15, -0.1) is 0 Å². The number of nitrogens with zero attached hydrogens (tertiary/aromatic N) is 4. The summed E-state index contributed by atoms with van der Waals surface area (Å²) in [6.07, 6.45) is 7.66. The Morgan fingerprint density at radius 1 is 1.36 bits per heavy atom. The number of para-hydroxylation sites is 1. The second-order valence-electron chi connectivity index (χ2n) is 5.70. The van der Waals surface area contributed by atoms with Crippen LogP contribution in [-0.2, 0) is 4.74 Å². The van der Waals surface area contributed by atoms with Crippen molar-refractivity contribution >= 4 is 17.0 Å². The van der Waals surface area contributed by atoms with Crippen molar-refractivity contribution < 1.29 is 9.53 Å². The maximum absolute atomic E-state index is 11.8. The van der Waals surface area contributed by atoms with E-state index in [2.05, 4.69) is 33.8 Å². The van der Waals surface area contributed by atoms with E-state index in [4.69, 9.17) is 4.74 Å². The number of aromatic nitrogens is 4. The van der Waals surface area contributed by atoms with Crippen molar-refractivity contribution in [3.63, 3.8) is 0 Å². The van der Waals surface area contributed by atoms with Crippen molar-refractivity contribution in [1.29, 1.82) is 0 Å². The van der Waals surface area contributed by atoms with Gasteiger partial charge in [0.1, 0.15) is 12.4 Å². The Bertz CT molecular complexity index is 816. The van der Waals surface area contributed by atoms with Gasteiger partial charge in [0.15, 0.2) is 0 Å². The average molecular weight is 296 g/mol. The van der Waals surface area contributed by atoms with Gasteiger partial charge in [-0.2, -0.15) is 5.10 Å². The molecule has 0 radical (unpaired) electrons. The fraction of sp³-hybridized carbons (Fsp3) is 0.312. The van der Waals surface area contributed by atoms with Gasteiger partial charge in [0, 0.05) is 30.6 Å². The number of fused-ring (bicyclic) bond motifs is 1. The lowest BCUT2D eigenvalue weighted by molar-refractivity contribution is 0.0202. The molecular formula is C16H16N4O2. The van der Waals surface area contributed by atoms with E-state index in [-0.39, 0.29) is 12.2 Å². The Morgan fingerprint density at radius 2 is 2.23 bits per heavy atom. The molecule has 2 heterocycles. The monoisotopic (exact) mass is 296 g/mol. The maximum Gasteiger partial charge on any atom is 0.419 e. The van der Waals surface area contributed by atoms with Crippen molar-refractivity contribution in [1.82, 2.24) is 19.3 Å². The Hall–Kier alpha value is -2.63. The Morgan fingerprint density at radius 3 is 3.00 bits per heavy atom. The SMILES string of the molecule is Cc1cccc2cnn(C3CC(OC(=O)n4ccnc4)C3)c12. The van der Waals surface area contributed by atoms with Gasteiger partial charge in [-0.1, -0.05) is 18.2 Å². The normalized spacial score (nSPS) is 20.8. The van der Waals surface area contributed by atoms with Crippen LogP contribution >= 0.6 is 0 Å². The van der Waals surface area contributed by atoms with E-state index in [1.54, 1.807) is 12.4 Å². The van der Waals surface area contributed by atoms with E-state index >= 15 is 0 Å². The highest BCUT2D eigenvalue weighted by Gasteiger charge is 2.35. The summed E-state index contributed by atoms with van der Waals surface area (Å²) in [5.41, 5.74) is 2.39. The number of rotatable bonds is 2. The Labute approximate surface area is 127 Å². The summed E-state index contributed by atoms with van der Waals surface area (Å²) in [6.45, 7) is 2.09. The third kappa shape index (κ3) is 2.07. The van der Waals surface area contributed by atoms with Gasteiger partial charge in [0.25, 0.3) is 0 Å². The summed E-state index contributed by atoms with van der Waals surface area (Å²) >= 11 is 0. The molecule has 1 fully saturated rings. The van der Waals surface area contributed by atoms with Crippen LogP contribution in [0.4, 0.5) is 4.79 Å². The number of carbonyl (C=O) groups excluding carboxylic acids is 1. The molecule has 0 spiro atoms. The molecule has 0 bridgehead atoms. The van der Waals surface area contributed by atoms with Gasteiger partial charge >= 0.3 is 6.09 Å². The summed E-state index contributed by atoms with van der Waals surface area (Å²) in [5, 5.41) is 5.65. The minimum atomic E-state index is -0.373. The van der Waals surface area contributed by atoms with Crippen LogP contribution in [0, 0.1) is 6.92 Å². The summed E-state index contributed by atoms with van der Waals surface area (Å²) < 4.78 is 8.85. The number of benzene rings is 1. The third-order valence-electron chi connectivity index (χ3n) is 4.22. The molecule has 0 amide bonds. The summed E-state index contributed by atoms with van der Waals surface area (Å²) in [4.78, 5) is 15.7. The van der Waals surface area contributed by atoms with E-state index in [9.17, 15) is 4.79 Å². The highest BCUT2D eigenvalue weighted by atomic mass is 16.6. The third-order valence-corrected chi connectivity index (χ3v) is 4.22. The summed E-state index contributed by atoms with van der Waals surface area (Å²) in [6, 6.07) is 6.50. The highest BCUT2D eigenvalue weighted by molar-refractivity contribution is 5.81. The molecule has 0 saturated heterocycles. The average Bonchev–Trinajstić information content (AvgIpc) is 3.12. The molecule has 2 aromatic heterocycles. The standard InChI is InChI=1S/C16H16N4O2/c1-11-3-2-4-12-9-18-20(15(11)12)13-7-14(8-13)22-16(21)19-6-5-17-10-19/h2-6,9-10,13-14H,7-8H2,1H3. The molecule has 1 saturated carbocycles. The first kappa shape index (κ1) is 13.1. The lowest BCUT2D eigenvalue weighted by Crippen LogP contribution is -2.36.